The monoisotopic (exact) mass is 338 g/mol. The van der Waals surface area contributed by atoms with Gasteiger partial charge in [0.15, 0.2) is 0 Å². The molecule has 98 valence electrons. The first-order valence-electron chi connectivity index (χ1n) is 6.09. The largest absolute Gasteiger partial charge is 0.340 e. The molecule has 0 bridgehead atoms. The maximum atomic E-state index is 12.3. The zero-order valence-corrected chi connectivity index (χ0v) is 12.4. The van der Waals surface area contributed by atoms with Gasteiger partial charge in [0.05, 0.1) is 15.2 Å². The quantitative estimate of drug-likeness (QED) is 0.878. The molecule has 0 unspecified atom stereocenters. The van der Waals surface area contributed by atoms with Crippen molar-refractivity contribution in [2.24, 2.45) is 0 Å². The maximum absolute atomic E-state index is 12.3. The summed E-state index contributed by atoms with van der Waals surface area (Å²) < 4.78 is 2.74. The van der Waals surface area contributed by atoms with E-state index in [4.69, 9.17) is 11.6 Å². The van der Waals surface area contributed by atoms with E-state index in [2.05, 4.69) is 21.2 Å². The van der Waals surface area contributed by atoms with E-state index < -0.39 is 0 Å². The Morgan fingerprint density at radius 3 is 2.84 bits per heavy atom. The van der Waals surface area contributed by atoms with E-state index in [1.165, 1.54) is 0 Å². The van der Waals surface area contributed by atoms with Crippen LogP contribution >= 0.6 is 27.5 Å². The zero-order chi connectivity index (χ0) is 13.4. The van der Waals surface area contributed by atoms with E-state index in [0.717, 1.165) is 12.8 Å². The number of anilines is 1. The molecular formula is C14H12BrClN2O. The Bertz CT molecular complexity index is 634. The summed E-state index contributed by atoms with van der Waals surface area (Å²) in [6, 6.07) is 9.63. The number of benzene rings is 1. The van der Waals surface area contributed by atoms with Crippen molar-refractivity contribution in [1.82, 2.24) is 4.57 Å². The van der Waals surface area contributed by atoms with Crippen molar-refractivity contribution in [2.75, 3.05) is 5.32 Å². The van der Waals surface area contributed by atoms with E-state index in [0.29, 0.717) is 26.9 Å². The normalized spacial score (nSPS) is 14.4. The van der Waals surface area contributed by atoms with Gasteiger partial charge in [-0.2, -0.15) is 0 Å². The number of hydrogen-bond donors (Lipinski definition) is 1. The molecule has 2 aromatic rings. The fourth-order valence-electron chi connectivity index (χ4n) is 2.04. The summed E-state index contributed by atoms with van der Waals surface area (Å²) in [5.74, 6) is -0.111. The molecule has 1 aromatic heterocycles. The first kappa shape index (κ1) is 12.8. The van der Waals surface area contributed by atoms with Crippen LogP contribution in [0, 0.1) is 0 Å². The van der Waals surface area contributed by atoms with Crippen LogP contribution in [0.5, 0.6) is 0 Å². The fourth-order valence-corrected chi connectivity index (χ4v) is 2.58. The average molecular weight is 340 g/mol. The van der Waals surface area contributed by atoms with Gasteiger partial charge < -0.3 is 9.88 Å². The molecule has 1 N–H and O–H groups in total. The molecule has 19 heavy (non-hydrogen) atoms. The fraction of sp³-hybridized carbons (Fsp3) is 0.214. The van der Waals surface area contributed by atoms with Gasteiger partial charge in [-0.25, -0.2) is 0 Å². The Morgan fingerprint density at radius 1 is 1.32 bits per heavy atom. The van der Waals surface area contributed by atoms with E-state index in [1.54, 1.807) is 6.07 Å². The Labute approximate surface area is 124 Å². The highest BCUT2D eigenvalue weighted by Crippen LogP contribution is 2.36. The summed E-state index contributed by atoms with van der Waals surface area (Å²) >= 11 is 9.39. The lowest BCUT2D eigenvalue weighted by molar-refractivity contribution is 0.101. The van der Waals surface area contributed by atoms with Crippen molar-refractivity contribution in [3.63, 3.8) is 0 Å². The Kier molecular flexibility index (Phi) is 3.37. The lowest BCUT2D eigenvalue weighted by Gasteiger charge is -2.10. The number of carbonyl (C=O) groups is 1. The third-order valence-corrected chi connectivity index (χ3v) is 4.55. The minimum absolute atomic E-state index is 0.111. The van der Waals surface area contributed by atoms with Crippen LogP contribution in [0.4, 0.5) is 5.69 Å². The summed E-state index contributed by atoms with van der Waals surface area (Å²) in [5.41, 5.74) is 1.37. The highest BCUT2D eigenvalue weighted by atomic mass is 79.9. The van der Waals surface area contributed by atoms with Crippen LogP contribution in [-0.2, 0) is 0 Å². The van der Waals surface area contributed by atoms with Gasteiger partial charge in [0.2, 0.25) is 0 Å². The van der Waals surface area contributed by atoms with Crippen LogP contribution in [0.3, 0.4) is 0 Å². The van der Waals surface area contributed by atoms with Gasteiger partial charge in [0, 0.05) is 12.2 Å². The second-order valence-corrected chi connectivity index (χ2v) is 5.79. The molecule has 0 aliphatic heterocycles. The van der Waals surface area contributed by atoms with Gasteiger partial charge in [0.25, 0.3) is 5.91 Å². The summed E-state index contributed by atoms with van der Waals surface area (Å²) in [6.45, 7) is 0. The SMILES string of the molecule is O=C(Nc1cccc(Cl)c1Br)c1cccn1C1CC1. The smallest absolute Gasteiger partial charge is 0.272 e. The first-order valence-corrected chi connectivity index (χ1v) is 7.26. The van der Waals surface area contributed by atoms with Crippen LogP contribution in [0.25, 0.3) is 0 Å². The molecule has 3 nitrogen and oxygen atoms in total. The summed E-state index contributed by atoms with van der Waals surface area (Å²) in [6.07, 6.45) is 4.26. The van der Waals surface area contributed by atoms with E-state index in [1.807, 2.05) is 35.0 Å². The highest BCUT2D eigenvalue weighted by molar-refractivity contribution is 9.10. The van der Waals surface area contributed by atoms with Crippen LogP contribution in [0.1, 0.15) is 29.4 Å². The first-order chi connectivity index (χ1) is 9.16. The average Bonchev–Trinajstić information content (AvgIpc) is 3.12. The minimum atomic E-state index is -0.111. The molecule has 1 heterocycles. The molecule has 1 saturated carbocycles. The summed E-state index contributed by atoms with van der Waals surface area (Å²) in [4.78, 5) is 12.3. The third kappa shape index (κ3) is 2.55. The zero-order valence-electron chi connectivity index (χ0n) is 10.1. The van der Waals surface area contributed by atoms with Gasteiger partial charge in [0.1, 0.15) is 5.69 Å². The van der Waals surface area contributed by atoms with E-state index >= 15 is 0 Å². The molecule has 0 saturated heterocycles. The van der Waals surface area contributed by atoms with Gasteiger partial charge in [-0.05, 0) is 53.0 Å². The van der Waals surface area contributed by atoms with Crippen LogP contribution in [0.2, 0.25) is 5.02 Å². The Balaban J connectivity index is 1.84. The lowest BCUT2D eigenvalue weighted by Crippen LogP contribution is -2.16. The maximum Gasteiger partial charge on any atom is 0.272 e. The highest BCUT2D eigenvalue weighted by Gasteiger charge is 2.26. The molecule has 1 fully saturated rings. The van der Waals surface area contributed by atoms with Crippen LogP contribution < -0.4 is 5.32 Å². The van der Waals surface area contributed by atoms with Crippen LogP contribution in [-0.4, -0.2) is 10.5 Å². The number of amides is 1. The molecule has 0 radical (unpaired) electrons. The third-order valence-electron chi connectivity index (χ3n) is 3.15. The topological polar surface area (TPSA) is 34.0 Å². The number of carbonyl (C=O) groups excluding carboxylic acids is 1. The van der Waals surface area contributed by atoms with E-state index in [-0.39, 0.29) is 5.91 Å². The molecule has 1 amide bonds. The molecule has 0 atom stereocenters. The van der Waals surface area contributed by atoms with Crippen molar-refractivity contribution < 1.29 is 4.79 Å². The number of nitrogens with one attached hydrogen (secondary N) is 1. The molecule has 1 aliphatic rings. The second-order valence-electron chi connectivity index (χ2n) is 4.59. The second kappa shape index (κ2) is 5.02. The van der Waals surface area contributed by atoms with Crippen molar-refractivity contribution >= 4 is 39.1 Å². The van der Waals surface area contributed by atoms with Gasteiger partial charge >= 0.3 is 0 Å². The predicted octanol–water partition coefficient (Wildman–Crippen LogP) is 4.49. The van der Waals surface area contributed by atoms with E-state index in [9.17, 15) is 4.79 Å². The summed E-state index contributed by atoms with van der Waals surface area (Å²) in [7, 11) is 0. The summed E-state index contributed by atoms with van der Waals surface area (Å²) in [5, 5.41) is 3.46. The number of hydrogen-bond acceptors (Lipinski definition) is 1. The van der Waals surface area contributed by atoms with Gasteiger partial charge in [-0.1, -0.05) is 17.7 Å². The number of rotatable bonds is 3. The van der Waals surface area contributed by atoms with Crippen molar-refractivity contribution in [3.05, 3.63) is 51.7 Å². The van der Waals surface area contributed by atoms with Gasteiger partial charge in [-0.3, -0.25) is 4.79 Å². The number of nitrogens with zero attached hydrogens (tertiary/aromatic N) is 1. The molecule has 3 rings (SSSR count). The lowest BCUT2D eigenvalue weighted by atomic mass is 10.3. The Hall–Kier alpha value is -1.26. The molecule has 5 heteroatoms. The van der Waals surface area contributed by atoms with Crippen molar-refractivity contribution in [1.29, 1.82) is 0 Å². The van der Waals surface area contributed by atoms with Crippen molar-refractivity contribution in [2.45, 2.75) is 18.9 Å². The standard InChI is InChI=1S/C14H12BrClN2O/c15-13-10(16)3-1-4-11(13)17-14(19)12-5-2-8-18(12)9-6-7-9/h1-5,8-9H,6-7H2,(H,17,19). The Morgan fingerprint density at radius 2 is 2.11 bits per heavy atom. The van der Waals surface area contributed by atoms with Crippen molar-refractivity contribution in [3.8, 4) is 0 Å². The number of halogens is 2. The predicted molar refractivity (Wildman–Crippen MR) is 79.8 cm³/mol. The molecule has 1 aliphatic carbocycles. The van der Waals surface area contributed by atoms with Crippen LogP contribution in [0.15, 0.2) is 41.0 Å². The van der Waals surface area contributed by atoms with Gasteiger partial charge in [-0.15, -0.1) is 0 Å². The number of aromatic nitrogens is 1. The molecule has 1 aromatic carbocycles. The minimum Gasteiger partial charge on any atom is -0.340 e. The molecular weight excluding hydrogens is 328 g/mol. The molecule has 0 spiro atoms.